The first-order valence-electron chi connectivity index (χ1n) is 16.3. The Hall–Kier alpha value is -4.14. The van der Waals surface area contributed by atoms with Crippen LogP contribution >= 0.6 is 11.6 Å². The molecule has 4 aromatic carbocycles. The Morgan fingerprint density at radius 2 is 1.43 bits per heavy atom. The van der Waals surface area contributed by atoms with E-state index in [1.54, 1.807) is 42.5 Å². The molecule has 1 aliphatic carbocycles. The van der Waals surface area contributed by atoms with Crippen LogP contribution in [0.4, 0.5) is 5.69 Å². The zero-order chi connectivity index (χ0) is 33.2. The molecule has 9 heteroatoms. The summed E-state index contributed by atoms with van der Waals surface area (Å²) in [7, 11) is -4.15. The number of nitrogens with one attached hydrogen (secondary N) is 1. The van der Waals surface area contributed by atoms with Crippen LogP contribution in [0.1, 0.15) is 55.7 Å². The lowest BCUT2D eigenvalue weighted by Gasteiger charge is -2.35. The quantitative estimate of drug-likeness (QED) is 0.163. The smallest absolute Gasteiger partial charge is 0.264 e. The van der Waals surface area contributed by atoms with Gasteiger partial charge in [-0.1, -0.05) is 117 Å². The van der Waals surface area contributed by atoms with Gasteiger partial charge in [0.05, 0.1) is 10.6 Å². The minimum atomic E-state index is -4.15. The van der Waals surface area contributed by atoms with Crippen molar-refractivity contribution < 1.29 is 18.0 Å². The second-order valence-electron chi connectivity index (χ2n) is 12.0. The highest BCUT2D eigenvalue weighted by Crippen LogP contribution is 2.29. The molecule has 0 heterocycles. The Morgan fingerprint density at radius 3 is 2.09 bits per heavy atom. The van der Waals surface area contributed by atoms with E-state index in [0.717, 1.165) is 48.8 Å². The van der Waals surface area contributed by atoms with Gasteiger partial charge in [0.25, 0.3) is 10.0 Å². The Labute approximate surface area is 283 Å². The molecule has 4 aromatic rings. The summed E-state index contributed by atoms with van der Waals surface area (Å²) in [5, 5.41) is 3.80. The summed E-state index contributed by atoms with van der Waals surface area (Å²) in [6.07, 6.45) is 5.87. The fourth-order valence-electron chi connectivity index (χ4n) is 6.17. The zero-order valence-corrected chi connectivity index (χ0v) is 28.3. The van der Waals surface area contributed by atoms with Crippen LogP contribution in [0.15, 0.2) is 114 Å². The Bertz CT molecular complexity index is 1730. The van der Waals surface area contributed by atoms with E-state index in [4.69, 9.17) is 11.6 Å². The van der Waals surface area contributed by atoms with Crippen LogP contribution < -0.4 is 9.62 Å². The molecule has 0 spiro atoms. The van der Waals surface area contributed by atoms with Gasteiger partial charge < -0.3 is 10.2 Å². The summed E-state index contributed by atoms with van der Waals surface area (Å²) in [5.41, 5.74) is 2.90. The average molecular weight is 672 g/mol. The van der Waals surface area contributed by atoms with E-state index in [-0.39, 0.29) is 29.8 Å². The number of halogens is 1. The van der Waals surface area contributed by atoms with E-state index in [0.29, 0.717) is 17.1 Å². The second-order valence-corrected chi connectivity index (χ2v) is 14.3. The van der Waals surface area contributed by atoms with Crippen LogP contribution in [-0.4, -0.2) is 43.8 Å². The lowest BCUT2D eigenvalue weighted by molar-refractivity contribution is -0.140. The molecule has 1 atom stereocenters. The van der Waals surface area contributed by atoms with E-state index in [9.17, 15) is 18.0 Å². The van der Waals surface area contributed by atoms with Gasteiger partial charge in [-0.15, -0.1) is 0 Å². The van der Waals surface area contributed by atoms with Crippen molar-refractivity contribution in [1.82, 2.24) is 10.2 Å². The van der Waals surface area contributed by atoms with Gasteiger partial charge in [0.2, 0.25) is 11.8 Å². The van der Waals surface area contributed by atoms with Crippen molar-refractivity contribution >= 4 is 39.1 Å². The van der Waals surface area contributed by atoms with Gasteiger partial charge in [-0.25, -0.2) is 8.42 Å². The first-order chi connectivity index (χ1) is 22.8. The molecule has 5 rings (SSSR count). The lowest BCUT2D eigenvalue weighted by atomic mass is 9.94. The number of hydrogen-bond acceptors (Lipinski definition) is 4. The van der Waals surface area contributed by atoms with Crippen molar-refractivity contribution in [3.8, 4) is 0 Å². The highest BCUT2D eigenvalue weighted by atomic mass is 35.5. The van der Waals surface area contributed by atoms with E-state index >= 15 is 0 Å². The predicted molar refractivity (Wildman–Crippen MR) is 188 cm³/mol. The lowest BCUT2D eigenvalue weighted by Crippen LogP contribution is -2.55. The molecule has 1 aliphatic rings. The van der Waals surface area contributed by atoms with Crippen molar-refractivity contribution in [2.24, 2.45) is 0 Å². The summed E-state index contributed by atoms with van der Waals surface area (Å²) in [6.45, 7) is 1.57. The van der Waals surface area contributed by atoms with Gasteiger partial charge in [-0.3, -0.25) is 13.9 Å². The number of rotatable bonds is 13. The number of para-hydroxylation sites is 1. The van der Waals surface area contributed by atoms with Crippen molar-refractivity contribution in [3.63, 3.8) is 0 Å². The molecule has 1 fully saturated rings. The van der Waals surface area contributed by atoms with Crippen LogP contribution in [0.25, 0.3) is 0 Å². The minimum absolute atomic E-state index is 0.0356. The van der Waals surface area contributed by atoms with Gasteiger partial charge in [0.1, 0.15) is 12.6 Å². The third-order valence-corrected chi connectivity index (χ3v) is 10.8. The number of hydrogen-bond donors (Lipinski definition) is 1. The molecule has 0 aliphatic heterocycles. The van der Waals surface area contributed by atoms with Crippen molar-refractivity contribution in [3.05, 3.63) is 131 Å². The van der Waals surface area contributed by atoms with E-state index < -0.39 is 28.5 Å². The Morgan fingerprint density at radius 1 is 0.809 bits per heavy atom. The van der Waals surface area contributed by atoms with E-state index in [2.05, 4.69) is 5.32 Å². The molecule has 2 amide bonds. The van der Waals surface area contributed by atoms with Crippen LogP contribution in [0.2, 0.25) is 5.02 Å². The molecule has 0 saturated heterocycles. The van der Waals surface area contributed by atoms with Crippen molar-refractivity contribution in [2.45, 2.75) is 75.4 Å². The maximum atomic E-state index is 14.7. The number of carbonyl (C=O) groups is 2. The normalized spacial score (nSPS) is 14.3. The summed E-state index contributed by atoms with van der Waals surface area (Å²) in [5.74, 6) is -0.723. The predicted octanol–water partition coefficient (Wildman–Crippen LogP) is 7.19. The third kappa shape index (κ3) is 8.82. The van der Waals surface area contributed by atoms with E-state index in [1.165, 1.54) is 21.3 Å². The number of nitrogens with zero attached hydrogens (tertiary/aromatic N) is 2. The first-order valence-corrected chi connectivity index (χ1v) is 18.1. The minimum Gasteiger partial charge on any atom is -0.352 e. The number of anilines is 1. The first kappa shape index (κ1) is 34.2. The van der Waals surface area contributed by atoms with Crippen LogP contribution in [0.5, 0.6) is 0 Å². The fraction of sp³-hybridized carbons (Fsp3) is 0.316. The van der Waals surface area contributed by atoms with Gasteiger partial charge in [0, 0.05) is 24.0 Å². The van der Waals surface area contributed by atoms with E-state index in [1.807, 2.05) is 61.5 Å². The average Bonchev–Trinajstić information content (AvgIpc) is 3.10. The maximum absolute atomic E-state index is 14.7. The Kier molecular flexibility index (Phi) is 11.7. The molecule has 1 saturated carbocycles. The second kappa shape index (κ2) is 16.1. The molecule has 7 nitrogen and oxygen atoms in total. The fourth-order valence-corrected chi connectivity index (χ4v) is 7.77. The summed E-state index contributed by atoms with van der Waals surface area (Å²) >= 11 is 6.20. The molecule has 47 heavy (non-hydrogen) atoms. The van der Waals surface area contributed by atoms with Crippen LogP contribution in [0.3, 0.4) is 0 Å². The molecule has 0 bridgehead atoms. The SMILES string of the molecule is CCc1ccccc1N(CC(=O)N(Cc1ccc(Cl)cc1)[C@@H](Cc1ccccc1)C(=O)NC1CCCCC1)S(=O)(=O)c1ccccc1. The zero-order valence-electron chi connectivity index (χ0n) is 26.7. The van der Waals surface area contributed by atoms with Gasteiger partial charge in [0.15, 0.2) is 0 Å². The van der Waals surface area contributed by atoms with Crippen molar-refractivity contribution in [2.75, 3.05) is 10.8 Å². The summed E-state index contributed by atoms with van der Waals surface area (Å²) < 4.78 is 29.7. The number of amides is 2. The molecule has 1 N–H and O–H groups in total. The van der Waals surface area contributed by atoms with Crippen LogP contribution in [0, 0.1) is 0 Å². The van der Waals surface area contributed by atoms with Crippen molar-refractivity contribution in [1.29, 1.82) is 0 Å². The van der Waals surface area contributed by atoms with Gasteiger partial charge in [-0.2, -0.15) is 0 Å². The highest BCUT2D eigenvalue weighted by molar-refractivity contribution is 7.92. The number of benzene rings is 4. The van der Waals surface area contributed by atoms with Gasteiger partial charge >= 0.3 is 0 Å². The molecular formula is C38H42ClN3O4S. The molecule has 0 unspecified atom stereocenters. The highest BCUT2D eigenvalue weighted by Gasteiger charge is 2.35. The number of sulfonamides is 1. The monoisotopic (exact) mass is 671 g/mol. The largest absolute Gasteiger partial charge is 0.352 e. The molecular weight excluding hydrogens is 630 g/mol. The third-order valence-electron chi connectivity index (χ3n) is 8.74. The van der Waals surface area contributed by atoms with Gasteiger partial charge in [-0.05, 0) is 66.3 Å². The topological polar surface area (TPSA) is 86.8 Å². The number of aryl methyl sites for hydroxylation is 1. The maximum Gasteiger partial charge on any atom is 0.264 e. The molecule has 0 aromatic heterocycles. The molecule has 246 valence electrons. The Balaban J connectivity index is 1.57. The molecule has 0 radical (unpaired) electrons. The summed E-state index contributed by atoms with van der Waals surface area (Å²) in [6, 6.07) is 31.3. The standard InChI is InChI=1S/C38H42ClN3O4S/c1-2-31-16-12-13-21-35(31)42(47(45,46)34-19-10-5-11-20-34)28-37(43)41(27-30-22-24-32(39)25-23-30)36(26-29-14-6-3-7-15-29)38(44)40-33-17-8-4-9-18-33/h3,5-7,10-16,19-25,33,36H,2,4,8-9,17-18,26-28H2,1H3,(H,40,44)/t36-/m0/s1. The number of carbonyl (C=O) groups excluding carboxylic acids is 2. The summed E-state index contributed by atoms with van der Waals surface area (Å²) in [4.78, 5) is 30.6. The van der Waals surface area contributed by atoms with Crippen LogP contribution in [-0.2, 0) is 39.0 Å².